The van der Waals surface area contributed by atoms with Gasteiger partial charge >= 0.3 is 0 Å². The van der Waals surface area contributed by atoms with Gasteiger partial charge in [0, 0.05) is 19.8 Å². The van der Waals surface area contributed by atoms with Crippen molar-refractivity contribution >= 4 is 0 Å². The molecule has 21 heavy (non-hydrogen) atoms. The number of aliphatic hydroxyl groups is 1. The van der Waals surface area contributed by atoms with Crippen molar-refractivity contribution in [3.05, 3.63) is 12.2 Å². The van der Waals surface area contributed by atoms with Gasteiger partial charge in [-0.1, -0.05) is 45.3 Å². The molecular formula is C18H36O3. The maximum Gasteiger partial charge on any atom is 0.157 e. The zero-order chi connectivity index (χ0) is 15.6. The summed E-state index contributed by atoms with van der Waals surface area (Å²) in [6.07, 6.45) is 15.6. The average molecular weight is 300 g/mol. The molecule has 126 valence electrons. The predicted octanol–water partition coefficient (Wildman–Crippen LogP) is 4.84. The van der Waals surface area contributed by atoms with Gasteiger partial charge in [-0.25, -0.2) is 0 Å². The first-order valence-electron chi connectivity index (χ1n) is 8.84. The highest BCUT2D eigenvalue weighted by Crippen LogP contribution is 2.12. The van der Waals surface area contributed by atoms with Gasteiger partial charge in [0.15, 0.2) is 6.29 Å². The minimum Gasteiger partial charge on any atom is -0.396 e. The minimum atomic E-state index is 0.00585. The summed E-state index contributed by atoms with van der Waals surface area (Å²) in [5.41, 5.74) is 0. The topological polar surface area (TPSA) is 38.7 Å². The van der Waals surface area contributed by atoms with Gasteiger partial charge < -0.3 is 14.6 Å². The molecule has 0 aromatic heterocycles. The van der Waals surface area contributed by atoms with Gasteiger partial charge in [-0.05, 0) is 44.9 Å². The Balaban J connectivity index is 3.43. The van der Waals surface area contributed by atoms with Crippen LogP contribution in [0.25, 0.3) is 0 Å². The normalized spacial score (nSPS) is 11.8. The van der Waals surface area contributed by atoms with E-state index in [2.05, 4.69) is 26.0 Å². The molecule has 0 amide bonds. The van der Waals surface area contributed by atoms with Gasteiger partial charge in [-0.3, -0.25) is 0 Å². The second kappa shape index (κ2) is 17.7. The lowest BCUT2D eigenvalue weighted by Crippen LogP contribution is -2.18. The average Bonchev–Trinajstić information content (AvgIpc) is 2.51. The van der Waals surface area contributed by atoms with Gasteiger partial charge in [-0.15, -0.1) is 0 Å². The van der Waals surface area contributed by atoms with Crippen LogP contribution in [-0.4, -0.2) is 31.2 Å². The van der Waals surface area contributed by atoms with E-state index in [0.717, 1.165) is 45.3 Å². The number of allylic oxidation sites excluding steroid dienone is 1. The van der Waals surface area contributed by atoms with Gasteiger partial charge in [0.1, 0.15) is 0 Å². The highest BCUT2D eigenvalue weighted by molar-refractivity contribution is 4.80. The molecule has 0 rings (SSSR count). The Morgan fingerprint density at radius 1 is 0.810 bits per heavy atom. The Labute approximate surface area is 131 Å². The van der Waals surface area contributed by atoms with Crippen molar-refractivity contribution in [1.82, 2.24) is 0 Å². The first-order valence-corrected chi connectivity index (χ1v) is 8.84. The van der Waals surface area contributed by atoms with Gasteiger partial charge in [-0.2, -0.15) is 0 Å². The summed E-state index contributed by atoms with van der Waals surface area (Å²) in [5.74, 6) is 0. The summed E-state index contributed by atoms with van der Waals surface area (Å²) in [6, 6.07) is 0. The monoisotopic (exact) mass is 300 g/mol. The molecule has 0 heterocycles. The summed E-state index contributed by atoms with van der Waals surface area (Å²) in [5, 5.41) is 8.65. The SMILES string of the molecule is CCCOC(CCCCCCC/C=C\CCO)OCCC. The number of hydrogen-bond donors (Lipinski definition) is 1. The first kappa shape index (κ1) is 20.6. The molecule has 3 heteroatoms. The molecule has 0 aromatic rings. The Kier molecular flexibility index (Phi) is 17.4. The molecule has 0 radical (unpaired) electrons. The van der Waals surface area contributed by atoms with E-state index in [-0.39, 0.29) is 12.9 Å². The molecule has 0 saturated heterocycles. The van der Waals surface area contributed by atoms with Crippen LogP contribution in [-0.2, 0) is 9.47 Å². The molecule has 0 bridgehead atoms. The molecule has 3 nitrogen and oxygen atoms in total. The lowest BCUT2D eigenvalue weighted by Gasteiger charge is -2.18. The standard InChI is InChI=1S/C18H36O3/c1-3-16-20-18(21-17-4-2)14-12-10-8-6-5-7-9-11-13-15-19/h9,11,18-19H,3-8,10,12-17H2,1-2H3/b11-9-. The molecular weight excluding hydrogens is 264 g/mol. The fourth-order valence-corrected chi connectivity index (χ4v) is 2.13. The largest absolute Gasteiger partial charge is 0.396 e. The van der Waals surface area contributed by atoms with Crippen LogP contribution in [0.4, 0.5) is 0 Å². The molecule has 0 aliphatic rings. The molecule has 0 atom stereocenters. The van der Waals surface area contributed by atoms with Gasteiger partial charge in [0.25, 0.3) is 0 Å². The molecule has 1 N–H and O–H groups in total. The molecule has 0 unspecified atom stereocenters. The maximum absolute atomic E-state index is 8.65. The van der Waals surface area contributed by atoms with E-state index in [9.17, 15) is 0 Å². The number of unbranched alkanes of at least 4 members (excludes halogenated alkanes) is 5. The molecule has 0 spiro atoms. The van der Waals surface area contributed by atoms with Crippen LogP contribution < -0.4 is 0 Å². The van der Waals surface area contributed by atoms with Crippen molar-refractivity contribution in [1.29, 1.82) is 0 Å². The Bertz CT molecular complexity index is 209. The second-order valence-electron chi connectivity index (χ2n) is 5.50. The van der Waals surface area contributed by atoms with Crippen LogP contribution in [0, 0.1) is 0 Å². The van der Waals surface area contributed by atoms with Crippen molar-refractivity contribution in [2.45, 2.75) is 84.3 Å². The fraction of sp³-hybridized carbons (Fsp3) is 0.889. The van der Waals surface area contributed by atoms with E-state index in [4.69, 9.17) is 14.6 Å². The Morgan fingerprint density at radius 3 is 2.00 bits per heavy atom. The number of rotatable bonds is 16. The molecule has 0 aromatic carbocycles. The zero-order valence-electron chi connectivity index (χ0n) is 14.2. The lowest BCUT2D eigenvalue weighted by molar-refractivity contribution is -0.146. The molecule has 0 saturated carbocycles. The molecule has 0 fully saturated rings. The van der Waals surface area contributed by atoms with Crippen molar-refractivity contribution in [2.75, 3.05) is 19.8 Å². The zero-order valence-corrected chi connectivity index (χ0v) is 14.2. The van der Waals surface area contributed by atoms with Crippen LogP contribution in [0.5, 0.6) is 0 Å². The summed E-state index contributed by atoms with van der Waals surface area (Å²) >= 11 is 0. The fourth-order valence-electron chi connectivity index (χ4n) is 2.13. The van der Waals surface area contributed by atoms with Crippen molar-refractivity contribution < 1.29 is 14.6 Å². The van der Waals surface area contributed by atoms with Crippen molar-refractivity contribution in [3.8, 4) is 0 Å². The minimum absolute atomic E-state index is 0.00585. The third-order valence-corrected chi connectivity index (χ3v) is 3.29. The van der Waals surface area contributed by atoms with Crippen molar-refractivity contribution in [2.24, 2.45) is 0 Å². The van der Waals surface area contributed by atoms with E-state index in [1.54, 1.807) is 0 Å². The van der Waals surface area contributed by atoms with E-state index in [1.807, 2.05) is 0 Å². The Morgan fingerprint density at radius 2 is 1.38 bits per heavy atom. The van der Waals surface area contributed by atoms with E-state index >= 15 is 0 Å². The van der Waals surface area contributed by atoms with E-state index in [1.165, 1.54) is 32.1 Å². The van der Waals surface area contributed by atoms with E-state index < -0.39 is 0 Å². The number of ether oxygens (including phenoxy) is 2. The van der Waals surface area contributed by atoms with Crippen molar-refractivity contribution in [3.63, 3.8) is 0 Å². The van der Waals surface area contributed by atoms with E-state index in [0.29, 0.717) is 0 Å². The highest BCUT2D eigenvalue weighted by Gasteiger charge is 2.07. The van der Waals surface area contributed by atoms with Crippen LogP contribution in [0.1, 0.15) is 78.1 Å². The first-order chi connectivity index (χ1) is 10.3. The van der Waals surface area contributed by atoms with Crippen LogP contribution in [0.3, 0.4) is 0 Å². The lowest BCUT2D eigenvalue weighted by atomic mass is 10.1. The third-order valence-electron chi connectivity index (χ3n) is 3.29. The predicted molar refractivity (Wildman–Crippen MR) is 89.4 cm³/mol. The summed E-state index contributed by atoms with van der Waals surface area (Å²) in [4.78, 5) is 0. The summed E-state index contributed by atoms with van der Waals surface area (Å²) in [6.45, 7) is 6.12. The third kappa shape index (κ3) is 15.8. The quantitative estimate of drug-likeness (QED) is 0.252. The summed E-state index contributed by atoms with van der Waals surface area (Å²) in [7, 11) is 0. The highest BCUT2D eigenvalue weighted by atomic mass is 16.7. The smallest absolute Gasteiger partial charge is 0.157 e. The van der Waals surface area contributed by atoms with Gasteiger partial charge in [0.2, 0.25) is 0 Å². The van der Waals surface area contributed by atoms with Gasteiger partial charge in [0.05, 0.1) is 0 Å². The maximum atomic E-state index is 8.65. The van der Waals surface area contributed by atoms with Crippen LogP contribution in [0.2, 0.25) is 0 Å². The molecule has 0 aliphatic carbocycles. The van der Waals surface area contributed by atoms with Crippen LogP contribution in [0.15, 0.2) is 12.2 Å². The summed E-state index contributed by atoms with van der Waals surface area (Å²) < 4.78 is 11.4. The Hall–Kier alpha value is -0.380. The van der Waals surface area contributed by atoms with Crippen LogP contribution >= 0.6 is 0 Å². The number of aliphatic hydroxyl groups excluding tert-OH is 1. The molecule has 0 aliphatic heterocycles. The second-order valence-corrected chi connectivity index (χ2v) is 5.50. The number of hydrogen-bond acceptors (Lipinski definition) is 3.